The summed E-state index contributed by atoms with van der Waals surface area (Å²) in [5, 5.41) is 3.62. The summed E-state index contributed by atoms with van der Waals surface area (Å²) >= 11 is 0. The summed E-state index contributed by atoms with van der Waals surface area (Å²) in [7, 11) is 0. The van der Waals surface area contributed by atoms with E-state index in [1.54, 1.807) is 0 Å². The summed E-state index contributed by atoms with van der Waals surface area (Å²) < 4.78 is 0. The lowest BCUT2D eigenvalue weighted by Crippen LogP contribution is -2.62. The van der Waals surface area contributed by atoms with Crippen LogP contribution in [-0.4, -0.2) is 61.2 Å². The molecule has 0 radical (unpaired) electrons. The van der Waals surface area contributed by atoms with Gasteiger partial charge >= 0.3 is 0 Å². The molecule has 0 spiro atoms. The van der Waals surface area contributed by atoms with Crippen LogP contribution in [0.5, 0.6) is 0 Å². The molecule has 1 N–H and O–H groups in total. The molecule has 2 bridgehead atoms. The van der Waals surface area contributed by atoms with E-state index in [1.807, 2.05) is 0 Å². The third-order valence-corrected chi connectivity index (χ3v) is 5.77. The Morgan fingerprint density at radius 1 is 0.824 bits per heavy atom. The molecular formula is C14H25N3. The van der Waals surface area contributed by atoms with Crippen LogP contribution in [0, 0.1) is 11.8 Å². The quantitative estimate of drug-likeness (QED) is 0.724. The number of piperidine rings is 4. The first kappa shape index (κ1) is 10.8. The molecule has 5 fully saturated rings. The first-order chi connectivity index (χ1) is 8.42. The van der Waals surface area contributed by atoms with E-state index in [9.17, 15) is 0 Å². The lowest BCUT2D eigenvalue weighted by molar-refractivity contribution is -0.0317. The van der Waals surface area contributed by atoms with Gasteiger partial charge in [0.25, 0.3) is 0 Å². The molecule has 0 aromatic rings. The maximum Gasteiger partial charge on any atom is 0.0264 e. The van der Waals surface area contributed by atoms with Crippen LogP contribution in [0.2, 0.25) is 0 Å². The van der Waals surface area contributed by atoms with Gasteiger partial charge in [-0.2, -0.15) is 0 Å². The summed E-state index contributed by atoms with van der Waals surface area (Å²) in [6, 6.07) is 1.76. The van der Waals surface area contributed by atoms with E-state index in [1.165, 1.54) is 65.0 Å². The maximum atomic E-state index is 3.62. The minimum absolute atomic E-state index is 0.870. The van der Waals surface area contributed by atoms with E-state index in [0.29, 0.717) is 0 Å². The second kappa shape index (κ2) is 4.22. The van der Waals surface area contributed by atoms with Gasteiger partial charge in [0.15, 0.2) is 0 Å². The predicted molar refractivity (Wildman–Crippen MR) is 69.0 cm³/mol. The molecule has 5 aliphatic heterocycles. The van der Waals surface area contributed by atoms with E-state index in [2.05, 4.69) is 15.1 Å². The first-order valence-electron chi connectivity index (χ1n) is 7.60. The summed E-state index contributed by atoms with van der Waals surface area (Å²) in [6.07, 6.45) is 5.83. The molecule has 3 unspecified atom stereocenters. The van der Waals surface area contributed by atoms with E-state index < -0.39 is 0 Å². The van der Waals surface area contributed by atoms with Gasteiger partial charge in [-0.1, -0.05) is 0 Å². The molecule has 5 heterocycles. The van der Waals surface area contributed by atoms with Gasteiger partial charge < -0.3 is 10.2 Å². The van der Waals surface area contributed by atoms with Gasteiger partial charge in [0.05, 0.1) is 0 Å². The zero-order chi connectivity index (χ0) is 11.2. The van der Waals surface area contributed by atoms with Crippen molar-refractivity contribution < 1.29 is 0 Å². The molecule has 0 aromatic heterocycles. The Morgan fingerprint density at radius 3 is 2.47 bits per heavy atom. The smallest absolute Gasteiger partial charge is 0.0264 e. The molecule has 96 valence electrons. The second-order valence-corrected chi connectivity index (χ2v) is 6.57. The van der Waals surface area contributed by atoms with E-state index in [4.69, 9.17) is 0 Å². The van der Waals surface area contributed by atoms with Crippen molar-refractivity contribution >= 4 is 0 Å². The Bertz CT molecular complexity index is 285. The van der Waals surface area contributed by atoms with E-state index in [0.717, 1.165) is 23.9 Å². The zero-order valence-corrected chi connectivity index (χ0v) is 10.8. The second-order valence-electron chi connectivity index (χ2n) is 6.57. The van der Waals surface area contributed by atoms with Crippen molar-refractivity contribution in [3.8, 4) is 0 Å². The average Bonchev–Trinajstić information content (AvgIpc) is 2.88. The molecule has 0 aromatic carbocycles. The molecule has 5 aliphatic rings. The summed E-state index contributed by atoms with van der Waals surface area (Å²) in [6.45, 7) is 8.03. The Balaban J connectivity index is 1.53. The molecule has 0 aliphatic carbocycles. The molecule has 3 nitrogen and oxygen atoms in total. The average molecular weight is 235 g/mol. The van der Waals surface area contributed by atoms with Crippen LogP contribution in [0.1, 0.15) is 25.7 Å². The topological polar surface area (TPSA) is 18.5 Å². The van der Waals surface area contributed by atoms with Gasteiger partial charge in [0.1, 0.15) is 0 Å². The van der Waals surface area contributed by atoms with Crippen LogP contribution in [0.15, 0.2) is 0 Å². The Morgan fingerprint density at radius 2 is 1.71 bits per heavy atom. The monoisotopic (exact) mass is 235 g/mol. The molecule has 17 heavy (non-hydrogen) atoms. The standard InChI is InChI=1S/C14H25N3/c1-2-12-8-15-9-13(12)17(5-1)14-10-16-6-3-11(14)4-7-16/h11-15H,1-10H2. The van der Waals surface area contributed by atoms with Gasteiger partial charge in [0.2, 0.25) is 0 Å². The number of rotatable bonds is 1. The van der Waals surface area contributed by atoms with Crippen LogP contribution in [0.25, 0.3) is 0 Å². The Labute approximate surface area is 105 Å². The lowest BCUT2D eigenvalue weighted by Gasteiger charge is -2.52. The molecular weight excluding hydrogens is 210 g/mol. The molecule has 5 saturated heterocycles. The fourth-order valence-electron chi connectivity index (χ4n) is 4.83. The fourth-order valence-corrected chi connectivity index (χ4v) is 4.83. The van der Waals surface area contributed by atoms with Crippen molar-refractivity contribution in [2.24, 2.45) is 11.8 Å². The summed E-state index contributed by atoms with van der Waals surface area (Å²) in [4.78, 5) is 5.61. The number of hydrogen-bond acceptors (Lipinski definition) is 3. The van der Waals surface area contributed by atoms with Gasteiger partial charge in [-0.25, -0.2) is 0 Å². The highest BCUT2D eigenvalue weighted by Gasteiger charge is 2.44. The van der Waals surface area contributed by atoms with Gasteiger partial charge in [-0.05, 0) is 63.7 Å². The minimum Gasteiger partial charge on any atom is -0.315 e. The van der Waals surface area contributed by atoms with E-state index >= 15 is 0 Å². The molecule has 5 rings (SSSR count). The number of hydrogen-bond donors (Lipinski definition) is 1. The SMILES string of the molecule is C1CC2CNCC2N(C2CN3CCC2CC3)C1. The number of likely N-dealkylation sites (tertiary alicyclic amines) is 1. The number of nitrogens with one attached hydrogen (secondary N) is 1. The Kier molecular flexibility index (Phi) is 2.67. The van der Waals surface area contributed by atoms with Crippen LogP contribution in [0.3, 0.4) is 0 Å². The van der Waals surface area contributed by atoms with Crippen LogP contribution < -0.4 is 5.32 Å². The molecule has 0 saturated carbocycles. The maximum absolute atomic E-state index is 3.62. The summed E-state index contributed by atoms with van der Waals surface area (Å²) in [5.74, 6) is 1.97. The van der Waals surface area contributed by atoms with Crippen molar-refractivity contribution in [2.45, 2.75) is 37.8 Å². The van der Waals surface area contributed by atoms with Crippen LogP contribution in [-0.2, 0) is 0 Å². The van der Waals surface area contributed by atoms with Gasteiger partial charge in [0, 0.05) is 25.2 Å². The third kappa shape index (κ3) is 1.74. The lowest BCUT2D eigenvalue weighted by atomic mass is 9.80. The normalized spacial score (nSPS) is 50.5. The predicted octanol–water partition coefficient (Wildman–Crippen LogP) is 0.764. The van der Waals surface area contributed by atoms with Crippen molar-refractivity contribution in [3.05, 3.63) is 0 Å². The zero-order valence-electron chi connectivity index (χ0n) is 10.8. The summed E-state index contributed by atoms with van der Waals surface area (Å²) in [5.41, 5.74) is 0. The van der Waals surface area contributed by atoms with E-state index in [-0.39, 0.29) is 0 Å². The highest BCUT2D eigenvalue weighted by molar-refractivity contribution is 5.00. The molecule has 3 heteroatoms. The number of nitrogens with zero attached hydrogens (tertiary/aromatic N) is 2. The first-order valence-corrected chi connectivity index (χ1v) is 7.60. The van der Waals surface area contributed by atoms with Crippen LogP contribution in [0.4, 0.5) is 0 Å². The highest BCUT2D eigenvalue weighted by atomic mass is 15.3. The Hall–Kier alpha value is -0.120. The van der Waals surface area contributed by atoms with Crippen molar-refractivity contribution in [2.75, 3.05) is 39.3 Å². The van der Waals surface area contributed by atoms with Crippen molar-refractivity contribution in [3.63, 3.8) is 0 Å². The molecule has 3 atom stereocenters. The minimum atomic E-state index is 0.870. The van der Waals surface area contributed by atoms with Gasteiger partial charge in [-0.3, -0.25) is 4.90 Å². The number of fused-ring (bicyclic) bond motifs is 4. The van der Waals surface area contributed by atoms with Crippen molar-refractivity contribution in [1.29, 1.82) is 0 Å². The largest absolute Gasteiger partial charge is 0.315 e. The highest BCUT2D eigenvalue weighted by Crippen LogP contribution is 2.36. The fraction of sp³-hybridized carbons (Fsp3) is 1.00. The third-order valence-electron chi connectivity index (χ3n) is 5.77. The van der Waals surface area contributed by atoms with Gasteiger partial charge in [-0.15, -0.1) is 0 Å². The molecule has 0 amide bonds. The van der Waals surface area contributed by atoms with Crippen molar-refractivity contribution in [1.82, 2.24) is 15.1 Å². The van der Waals surface area contributed by atoms with Crippen LogP contribution >= 0.6 is 0 Å².